The van der Waals surface area contributed by atoms with Crippen molar-refractivity contribution in [3.8, 4) is 5.75 Å². The molecule has 4 heteroatoms. The fourth-order valence-electron chi connectivity index (χ4n) is 2.46. The van der Waals surface area contributed by atoms with Crippen molar-refractivity contribution < 1.29 is 14.6 Å². The summed E-state index contributed by atoms with van der Waals surface area (Å²) in [5, 5.41) is 12.0. The first-order valence-corrected chi connectivity index (χ1v) is 7.96. The van der Waals surface area contributed by atoms with Gasteiger partial charge in [0.1, 0.15) is 5.75 Å². The summed E-state index contributed by atoms with van der Waals surface area (Å²) in [7, 11) is 0. The average molecular weight is 305 g/mol. The van der Waals surface area contributed by atoms with Crippen LogP contribution in [0.1, 0.15) is 52.5 Å². The lowest BCUT2D eigenvalue weighted by Crippen LogP contribution is -2.44. The van der Waals surface area contributed by atoms with E-state index in [9.17, 15) is 4.79 Å². The Morgan fingerprint density at radius 1 is 1.32 bits per heavy atom. The van der Waals surface area contributed by atoms with E-state index in [4.69, 9.17) is 9.84 Å². The number of benzene rings is 1. The zero-order valence-electron chi connectivity index (χ0n) is 14.0. The van der Waals surface area contributed by atoms with Gasteiger partial charge in [0, 0.05) is 12.1 Å². The van der Waals surface area contributed by atoms with E-state index in [0.717, 1.165) is 12.8 Å². The number of ether oxygens (including phenoxy) is 1. The highest BCUT2D eigenvalue weighted by molar-refractivity contribution is 5.81. The van der Waals surface area contributed by atoms with Crippen LogP contribution in [0.15, 0.2) is 24.3 Å². The number of rotatable bonds is 6. The Kier molecular flexibility index (Phi) is 4.81. The van der Waals surface area contributed by atoms with Crippen molar-refractivity contribution in [1.82, 2.24) is 5.32 Å². The molecule has 0 aromatic heterocycles. The normalized spacial score (nSPS) is 17.7. The van der Waals surface area contributed by atoms with Gasteiger partial charge in [0.15, 0.2) is 6.10 Å². The molecule has 1 saturated carbocycles. The third kappa shape index (κ3) is 4.23. The Morgan fingerprint density at radius 2 is 1.91 bits per heavy atom. The number of hydrogen-bond donors (Lipinski definition) is 2. The number of aliphatic hydroxyl groups is 1. The minimum Gasteiger partial charge on any atom is -0.481 e. The Morgan fingerprint density at radius 3 is 2.36 bits per heavy atom. The lowest BCUT2D eigenvalue weighted by atomic mass is 9.87. The SMILES string of the molecule is CC(Oc1ccc(C(C)(C)C)cc1)C(=O)NC1(CCO)CC1. The molecule has 1 aliphatic carbocycles. The summed E-state index contributed by atoms with van der Waals surface area (Å²) in [6.07, 6.45) is 1.95. The van der Waals surface area contributed by atoms with Crippen LogP contribution in [-0.4, -0.2) is 29.3 Å². The van der Waals surface area contributed by atoms with E-state index in [1.807, 2.05) is 24.3 Å². The van der Waals surface area contributed by atoms with Gasteiger partial charge in [-0.2, -0.15) is 0 Å². The van der Waals surface area contributed by atoms with Gasteiger partial charge in [0.2, 0.25) is 0 Å². The van der Waals surface area contributed by atoms with Crippen molar-refractivity contribution in [1.29, 1.82) is 0 Å². The highest BCUT2D eigenvalue weighted by Gasteiger charge is 2.44. The molecule has 0 heterocycles. The Balaban J connectivity index is 1.91. The van der Waals surface area contributed by atoms with Crippen LogP contribution >= 0.6 is 0 Å². The van der Waals surface area contributed by atoms with Crippen molar-refractivity contribution in [2.75, 3.05) is 6.61 Å². The smallest absolute Gasteiger partial charge is 0.261 e. The van der Waals surface area contributed by atoms with E-state index in [1.54, 1.807) is 6.92 Å². The highest BCUT2D eigenvalue weighted by Crippen LogP contribution is 2.38. The first kappa shape index (κ1) is 16.8. The third-order valence-electron chi connectivity index (χ3n) is 4.23. The molecular formula is C18H27NO3. The van der Waals surface area contributed by atoms with Gasteiger partial charge >= 0.3 is 0 Å². The number of hydrogen-bond acceptors (Lipinski definition) is 3. The van der Waals surface area contributed by atoms with Crippen LogP contribution in [0.4, 0.5) is 0 Å². The molecule has 1 fully saturated rings. The molecule has 1 amide bonds. The lowest BCUT2D eigenvalue weighted by molar-refractivity contribution is -0.128. The third-order valence-corrected chi connectivity index (χ3v) is 4.23. The van der Waals surface area contributed by atoms with Gasteiger partial charge in [-0.15, -0.1) is 0 Å². The van der Waals surface area contributed by atoms with E-state index < -0.39 is 6.10 Å². The van der Waals surface area contributed by atoms with Gasteiger partial charge in [-0.3, -0.25) is 4.79 Å². The zero-order chi connectivity index (χ0) is 16.4. The van der Waals surface area contributed by atoms with Crippen molar-refractivity contribution in [2.45, 2.75) is 64.0 Å². The van der Waals surface area contributed by atoms with Crippen LogP contribution in [0, 0.1) is 0 Å². The Hall–Kier alpha value is -1.55. The maximum Gasteiger partial charge on any atom is 0.261 e. The van der Waals surface area contributed by atoms with Crippen LogP contribution in [0.5, 0.6) is 5.75 Å². The standard InChI is InChI=1S/C18H27NO3/c1-13(16(21)19-18(9-10-18)11-12-20)22-15-7-5-14(6-8-15)17(2,3)4/h5-8,13,20H,9-12H2,1-4H3,(H,19,21). The maximum atomic E-state index is 12.2. The molecule has 0 spiro atoms. The topological polar surface area (TPSA) is 58.6 Å². The molecule has 1 aromatic rings. The van der Waals surface area contributed by atoms with Gasteiger partial charge < -0.3 is 15.2 Å². The van der Waals surface area contributed by atoms with E-state index >= 15 is 0 Å². The first-order chi connectivity index (χ1) is 10.3. The van der Waals surface area contributed by atoms with Crippen LogP contribution < -0.4 is 10.1 Å². The van der Waals surface area contributed by atoms with Crippen molar-refractivity contribution >= 4 is 5.91 Å². The molecular weight excluding hydrogens is 278 g/mol. The minimum atomic E-state index is -0.545. The van der Waals surface area contributed by atoms with Gasteiger partial charge in [0.05, 0.1) is 0 Å². The summed E-state index contributed by atoms with van der Waals surface area (Å²) in [5.41, 5.74) is 1.14. The van der Waals surface area contributed by atoms with Crippen LogP contribution in [0.2, 0.25) is 0 Å². The van der Waals surface area contributed by atoms with Gasteiger partial charge in [-0.25, -0.2) is 0 Å². The average Bonchev–Trinajstić information content (AvgIpc) is 3.18. The highest BCUT2D eigenvalue weighted by atomic mass is 16.5. The monoisotopic (exact) mass is 305 g/mol. The predicted octanol–water partition coefficient (Wildman–Crippen LogP) is 2.78. The van der Waals surface area contributed by atoms with Crippen LogP contribution in [-0.2, 0) is 10.2 Å². The molecule has 0 aliphatic heterocycles. The Labute approximate surface area is 132 Å². The molecule has 0 saturated heterocycles. The summed E-state index contributed by atoms with van der Waals surface area (Å²) in [6, 6.07) is 7.89. The van der Waals surface area contributed by atoms with Crippen molar-refractivity contribution in [3.63, 3.8) is 0 Å². The Bertz CT molecular complexity index is 512. The molecule has 1 aromatic carbocycles. The van der Waals surface area contributed by atoms with E-state index in [0.29, 0.717) is 12.2 Å². The van der Waals surface area contributed by atoms with E-state index in [-0.39, 0.29) is 23.5 Å². The molecule has 0 radical (unpaired) electrons. The predicted molar refractivity (Wildman–Crippen MR) is 87.0 cm³/mol. The van der Waals surface area contributed by atoms with Gasteiger partial charge in [0.25, 0.3) is 5.91 Å². The van der Waals surface area contributed by atoms with Crippen molar-refractivity contribution in [3.05, 3.63) is 29.8 Å². The molecule has 1 atom stereocenters. The molecule has 2 rings (SSSR count). The van der Waals surface area contributed by atoms with Gasteiger partial charge in [-0.05, 0) is 49.3 Å². The summed E-state index contributed by atoms with van der Waals surface area (Å²) in [5.74, 6) is 0.577. The molecule has 2 N–H and O–H groups in total. The molecule has 122 valence electrons. The summed E-state index contributed by atoms with van der Waals surface area (Å²) >= 11 is 0. The van der Waals surface area contributed by atoms with E-state index in [2.05, 4.69) is 26.1 Å². The number of aliphatic hydroxyl groups excluding tert-OH is 1. The lowest BCUT2D eigenvalue weighted by Gasteiger charge is -2.22. The zero-order valence-corrected chi connectivity index (χ0v) is 14.0. The second-order valence-electron chi connectivity index (χ2n) is 7.28. The van der Waals surface area contributed by atoms with Crippen LogP contribution in [0.25, 0.3) is 0 Å². The molecule has 1 unspecified atom stereocenters. The van der Waals surface area contributed by atoms with E-state index in [1.165, 1.54) is 5.56 Å². The largest absolute Gasteiger partial charge is 0.481 e. The fraction of sp³-hybridized carbons (Fsp3) is 0.611. The van der Waals surface area contributed by atoms with Gasteiger partial charge in [-0.1, -0.05) is 32.9 Å². The number of carbonyl (C=O) groups excluding carboxylic acids is 1. The second kappa shape index (κ2) is 6.29. The molecule has 22 heavy (non-hydrogen) atoms. The maximum absolute atomic E-state index is 12.2. The summed E-state index contributed by atoms with van der Waals surface area (Å²) in [6.45, 7) is 8.34. The number of amides is 1. The minimum absolute atomic E-state index is 0.101. The van der Waals surface area contributed by atoms with Crippen LogP contribution in [0.3, 0.4) is 0 Å². The number of carbonyl (C=O) groups is 1. The van der Waals surface area contributed by atoms with Crippen molar-refractivity contribution in [2.24, 2.45) is 0 Å². The molecule has 1 aliphatic rings. The molecule has 0 bridgehead atoms. The number of nitrogens with one attached hydrogen (secondary N) is 1. The first-order valence-electron chi connectivity index (χ1n) is 7.96. The molecule has 4 nitrogen and oxygen atoms in total. The quantitative estimate of drug-likeness (QED) is 0.849. The summed E-state index contributed by atoms with van der Waals surface area (Å²) < 4.78 is 5.72. The summed E-state index contributed by atoms with van der Waals surface area (Å²) in [4.78, 5) is 12.2. The second-order valence-corrected chi connectivity index (χ2v) is 7.28. The fourth-order valence-corrected chi connectivity index (χ4v) is 2.46.